The van der Waals surface area contributed by atoms with E-state index in [1.165, 1.54) is 0 Å². The first kappa shape index (κ1) is 15.3. The lowest BCUT2D eigenvalue weighted by Gasteiger charge is -2.20. The summed E-state index contributed by atoms with van der Waals surface area (Å²) in [5.74, 6) is -0.818. The highest BCUT2D eigenvalue weighted by Crippen LogP contribution is 1.93. The van der Waals surface area contributed by atoms with E-state index < -0.39 is 5.97 Å². The van der Waals surface area contributed by atoms with E-state index in [4.69, 9.17) is 14.6 Å². The lowest BCUT2D eigenvalue weighted by atomic mass is 10.4. The first-order valence-electron chi connectivity index (χ1n) is 5.69. The fourth-order valence-electron chi connectivity index (χ4n) is 1.22. The summed E-state index contributed by atoms with van der Waals surface area (Å²) in [5, 5.41) is 8.73. The number of carboxylic acids is 1. The van der Waals surface area contributed by atoms with Gasteiger partial charge in [0.1, 0.15) is 0 Å². The molecule has 0 aliphatic rings. The van der Waals surface area contributed by atoms with Crippen molar-refractivity contribution in [3.05, 3.63) is 0 Å². The summed E-state index contributed by atoms with van der Waals surface area (Å²) in [6, 6.07) is 0. The van der Waals surface area contributed by atoms with Gasteiger partial charge >= 0.3 is 5.97 Å². The minimum Gasteiger partial charge on any atom is -0.480 e. The Morgan fingerprint density at radius 1 is 1.31 bits per heavy atom. The van der Waals surface area contributed by atoms with Crippen molar-refractivity contribution in [2.45, 2.75) is 26.9 Å². The van der Waals surface area contributed by atoms with Crippen molar-refractivity contribution in [1.29, 1.82) is 0 Å². The highest BCUT2D eigenvalue weighted by Gasteiger charge is 2.09. The summed E-state index contributed by atoms with van der Waals surface area (Å²) in [6.07, 6.45) is 0.179. The van der Waals surface area contributed by atoms with Gasteiger partial charge in [-0.2, -0.15) is 0 Å². The van der Waals surface area contributed by atoms with E-state index in [9.17, 15) is 4.79 Å². The average molecular weight is 233 g/mol. The van der Waals surface area contributed by atoms with Crippen molar-refractivity contribution in [1.82, 2.24) is 4.90 Å². The molecule has 0 fully saturated rings. The molecule has 0 saturated carbocycles. The molecule has 0 radical (unpaired) electrons. The number of carboxylic acid groups (broad SMARTS) is 1. The standard InChI is InChI=1S/C11H23NO4/c1-4-15-7-5-12(9-11(13)14)6-8-16-10(2)3/h10H,4-9H2,1-3H3,(H,13,14). The highest BCUT2D eigenvalue weighted by atomic mass is 16.5. The Balaban J connectivity index is 3.76. The van der Waals surface area contributed by atoms with Crippen molar-refractivity contribution in [2.75, 3.05) is 39.5 Å². The van der Waals surface area contributed by atoms with Gasteiger partial charge in [0.05, 0.1) is 25.9 Å². The largest absolute Gasteiger partial charge is 0.480 e. The van der Waals surface area contributed by atoms with Crippen LogP contribution >= 0.6 is 0 Å². The lowest BCUT2D eigenvalue weighted by Crippen LogP contribution is -2.35. The molecular formula is C11H23NO4. The Kier molecular flexibility index (Phi) is 9.18. The van der Waals surface area contributed by atoms with Crippen LogP contribution in [0.25, 0.3) is 0 Å². The number of nitrogens with zero attached hydrogens (tertiary/aromatic N) is 1. The molecule has 0 aliphatic heterocycles. The van der Waals surface area contributed by atoms with Crippen molar-refractivity contribution in [2.24, 2.45) is 0 Å². The van der Waals surface area contributed by atoms with Gasteiger partial charge in [0.25, 0.3) is 0 Å². The fraction of sp³-hybridized carbons (Fsp3) is 0.909. The molecule has 0 aromatic heterocycles. The van der Waals surface area contributed by atoms with Crippen LogP contribution in [0, 0.1) is 0 Å². The molecule has 5 nitrogen and oxygen atoms in total. The number of hydrogen-bond acceptors (Lipinski definition) is 4. The van der Waals surface area contributed by atoms with Gasteiger partial charge in [-0.3, -0.25) is 9.69 Å². The van der Waals surface area contributed by atoms with Crippen LogP contribution in [-0.2, 0) is 14.3 Å². The van der Waals surface area contributed by atoms with Crippen LogP contribution in [0.4, 0.5) is 0 Å². The molecule has 0 unspecified atom stereocenters. The molecule has 0 aromatic carbocycles. The minimum absolute atomic E-state index is 0.0362. The molecule has 0 rings (SSSR count). The van der Waals surface area contributed by atoms with Gasteiger partial charge in [-0.05, 0) is 20.8 Å². The second-order valence-electron chi connectivity index (χ2n) is 3.79. The Hall–Kier alpha value is -0.650. The second kappa shape index (κ2) is 9.57. The van der Waals surface area contributed by atoms with Crippen LogP contribution < -0.4 is 0 Å². The van der Waals surface area contributed by atoms with Crippen LogP contribution in [0.1, 0.15) is 20.8 Å². The number of rotatable bonds is 10. The predicted molar refractivity (Wildman–Crippen MR) is 61.7 cm³/mol. The summed E-state index contributed by atoms with van der Waals surface area (Å²) in [6.45, 7) is 8.90. The normalized spacial score (nSPS) is 11.3. The summed E-state index contributed by atoms with van der Waals surface area (Å²) in [5.41, 5.74) is 0. The molecule has 0 aliphatic carbocycles. The van der Waals surface area contributed by atoms with E-state index in [-0.39, 0.29) is 12.6 Å². The molecule has 0 atom stereocenters. The van der Waals surface area contributed by atoms with Gasteiger partial charge in [-0.25, -0.2) is 0 Å². The summed E-state index contributed by atoms with van der Waals surface area (Å²) >= 11 is 0. The van der Waals surface area contributed by atoms with Crippen molar-refractivity contribution >= 4 is 5.97 Å². The maximum atomic E-state index is 10.6. The van der Waals surface area contributed by atoms with Gasteiger partial charge in [-0.1, -0.05) is 0 Å². The van der Waals surface area contributed by atoms with E-state index in [1.54, 1.807) is 0 Å². The molecule has 1 N–H and O–H groups in total. The average Bonchev–Trinajstić information content (AvgIpc) is 2.16. The Labute approximate surface area is 97.3 Å². The quantitative estimate of drug-likeness (QED) is 0.566. The van der Waals surface area contributed by atoms with Crippen LogP contribution in [0.5, 0.6) is 0 Å². The topological polar surface area (TPSA) is 59.0 Å². The van der Waals surface area contributed by atoms with Gasteiger partial charge in [0, 0.05) is 19.7 Å². The second-order valence-corrected chi connectivity index (χ2v) is 3.79. The minimum atomic E-state index is -0.818. The molecule has 0 aromatic rings. The fourth-order valence-corrected chi connectivity index (χ4v) is 1.22. The number of carbonyl (C=O) groups is 1. The third-order valence-corrected chi connectivity index (χ3v) is 1.97. The zero-order valence-electron chi connectivity index (χ0n) is 10.4. The maximum Gasteiger partial charge on any atom is 0.317 e. The van der Waals surface area contributed by atoms with Crippen LogP contribution in [0.3, 0.4) is 0 Å². The third kappa shape index (κ3) is 9.89. The summed E-state index contributed by atoms with van der Waals surface area (Å²) in [4.78, 5) is 12.4. The highest BCUT2D eigenvalue weighted by molar-refractivity contribution is 5.69. The molecule has 0 heterocycles. The third-order valence-electron chi connectivity index (χ3n) is 1.97. The molecular weight excluding hydrogens is 210 g/mol. The number of aliphatic carboxylic acids is 1. The van der Waals surface area contributed by atoms with Crippen LogP contribution in [0.15, 0.2) is 0 Å². The molecule has 5 heteroatoms. The number of hydrogen-bond donors (Lipinski definition) is 1. The Morgan fingerprint density at radius 2 is 1.94 bits per heavy atom. The Bertz CT molecular complexity index is 185. The van der Waals surface area contributed by atoms with Crippen molar-refractivity contribution in [3.63, 3.8) is 0 Å². The van der Waals surface area contributed by atoms with Gasteiger partial charge < -0.3 is 14.6 Å². The molecule has 0 amide bonds. The zero-order valence-corrected chi connectivity index (χ0v) is 10.4. The summed E-state index contributed by atoms with van der Waals surface area (Å²) < 4.78 is 10.6. The molecule has 96 valence electrons. The molecule has 0 spiro atoms. The lowest BCUT2D eigenvalue weighted by molar-refractivity contribution is -0.138. The molecule has 0 saturated heterocycles. The van der Waals surface area contributed by atoms with Crippen LogP contribution in [-0.4, -0.2) is 61.5 Å². The van der Waals surface area contributed by atoms with E-state index in [0.29, 0.717) is 32.9 Å². The maximum absolute atomic E-state index is 10.6. The van der Waals surface area contributed by atoms with Crippen LogP contribution in [0.2, 0.25) is 0 Å². The molecule has 0 bridgehead atoms. The van der Waals surface area contributed by atoms with E-state index >= 15 is 0 Å². The van der Waals surface area contributed by atoms with E-state index in [0.717, 1.165) is 0 Å². The first-order chi connectivity index (χ1) is 7.56. The van der Waals surface area contributed by atoms with Gasteiger partial charge in [0.15, 0.2) is 0 Å². The van der Waals surface area contributed by atoms with Crippen molar-refractivity contribution in [3.8, 4) is 0 Å². The summed E-state index contributed by atoms with van der Waals surface area (Å²) in [7, 11) is 0. The van der Waals surface area contributed by atoms with Gasteiger partial charge in [0.2, 0.25) is 0 Å². The zero-order chi connectivity index (χ0) is 12.4. The van der Waals surface area contributed by atoms with Crippen molar-refractivity contribution < 1.29 is 19.4 Å². The smallest absolute Gasteiger partial charge is 0.317 e. The van der Waals surface area contributed by atoms with E-state index in [1.807, 2.05) is 25.7 Å². The van der Waals surface area contributed by atoms with Gasteiger partial charge in [-0.15, -0.1) is 0 Å². The molecule has 16 heavy (non-hydrogen) atoms. The number of ether oxygens (including phenoxy) is 2. The SMILES string of the molecule is CCOCCN(CCOC(C)C)CC(=O)O. The Morgan fingerprint density at radius 3 is 2.44 bits per heavy atom. The monoisotopic (exact) mass is 233 g/mol. The van der Waals surface area contributed by atoms with E-state index in [2.05, 4.69) is 0 Å². The predicted octanol–water partition coefficient (Wildman–Crippen LogP) is 0.835. The first-order valence-corrected chi connectivity index (χ1v) is 5.69.